The lowest BCUT2D eigenvalue weighted by Gasteiger charge is -2.25. The highest BCUT2D eigenvalue weighted by Gasteiger charge is 2.36. The van der Waals surface area contributed by atoms with Crippen molar-refractivity contribution < 1.29 is 13.3 Å². The lowest BCUT2D eigenvalue weighted by atomic mass is 10.4. The molecule has 0 bridgehead atoms. The van der Waals surface area contributed by atoms with Gasteiger partial charge in [-0.05, 0) is 13.0 Å². The SMILES string of the molecule is [CH]N(CCN)CCC[Si](OC)(OC)OC. The molecule has 0 aliphatic heterocycles. The van der Waals surface area contributed by atoms with E-state index in [1.807, 2.05) is 0 Å². The fourth-order valence-corrected chi connectivity index (χ4v) is 3.04. The first kappa shape index (κ1) is 15.0. The molecule has 15 heavy (non-hydrogen) atoms. The van der Waals surface area contributed by atoms with Gasteiger partial charge in [-0.2, -0.15) is 0 Å². The monoisotopic (exact) mass is 234 g/mol. The fraction of sp³-hybridized carbons (Fsp3) is 0.889. The van der Waals surface area contributed by atoms with E-state index in [1.165, 1.54) is 0 Å². The van der Waals surface area contributed by atoms with Crippen LogP contribution in [0.4, 0.5) is 0 Å². The molecule has 0 saturated carbocycles. The molecule has 0 aliphatic carbocycles. The molecule has 0 amide bonds. The largest absolute Gasteiger partial charge is 0.500 e. The molecule has 2 N–H and O–H groups in total. The first-order chi connectivity index (χ1) is 7.14. The van der Waals surface area contributed by atoms with E-state index in [0.717, 1.165) is 19.0 Å². The summed E-state index contributed by atoms with van der Waals surface area (Å²) in [5, 5.41) is 0. The molecule has 2 radical (unpaired) electrons. The van der Waals surface area contributed by atoms with E-state index in [4.69, 9.17) is 26.1 Å². The molecular formula is C9H22N2O3Si. The smallest absolute Gasteiger partial charge is 0.377 e. The van der Waals surface area contributed by atoms with Crippen molar-refractivity contribution in [3.63, 3.8) is 0 Å². The Morgan fingerprint density at radius 3 is 2.07 bits per heavy atom. The lowest BCUT2D eigenvalue weighted by Crippen LogP contribution is -2.43. The summed E-state index contributed by atoms with van der Waals surface area (Å²) >= 11 is 0. The predicted octanol–water partition coefficient (Wildman–Crippen LogP) is 0.184. The minimum absolute atomic E-state index is 0.567. The van der Waals surface area contributed by atoms with Gasteiger partial charge < -0.3 is 19.0 Å². The van der Waals surface area contributed by atoms with Crippen LogP contribution in [0.25, 0.3) is 0 Å². The summed E-state index contributed by atoms with van der Waals surface area (Å²) in [7, 11) is 8.09. The van der Waals surface area contributed by atoms with Gasteiger partial charge in [-0.25, -0.2) is 0 Å². The molecular weight excluding hydrogens is 212 g/mol. The highest BCUT2D eigenvalue weighted by atomic mass is 28.4. The Balaban J connectivity index is 3.80. The summed E-state index contributed by atoms with van der Waals surface area (Å²) in [4.78, 5) is 1.69. The third-order valence-electron chi connectivity index (χ3n) is 2.28. The van der Waals surface area contributed by atoms with Crippen molar-refractivity contribution in [3.05, 3.63) is 7.05 Å². The van der Waals surface area contributed by atoms with Crippen LogP contribution in [-0.4, -0.2) is 54.7 Å². The van der Waals surface area contributed by atoms with Crippen molar-refractivity contribution in [1.29, 1.82) is 0 Å². The Morgan fingerprint density at radius 2 is 1.67 bits per heavy atom. The van der Waals surface area contributed by atoms with Crippen LogP contribution < -0.4 is 5.73 Å². The maximum Gasteiger partial charge on any atom is 0.500 e. The summed E-state index contributed by atoms with van der Waals surface area (Å²) in [6.45, 7) is 2.03. The molecule has 0 aromatic rings. The summed E-state index contributed by atoms with van der Waals surface area (Å²) in [5.41, 5.74) is 5.38. The summed E-state index contributed by atoms with van der Waals surface area (Å²) < 4.78 is 15.9. The molecule has 0 unspecified atom stereocenters. The highest BCUT2D eigenvalue weighted by molar-refractivity contribution is 6.60. The maximum absolute atomic E-state index is 5.68. The Kier molecular flexibility index (Phi) is 8.21. The van der Waals surface area contributed by atoms with Crippen LogP contribution in [-0.2, 0) is 13.3 Å². The Labute approximate surface area is 93.9 Å². The van der Waals surface area contributed by atoms with Crippen LogP contribution in [0.3, 0.4) is 0 Å². The third-order valence-corrected chi connectivity index (χ3v) is 5.11. The zero-order valence-electron chi connectivity index (χ0n) is 9.86. The van der Waals surface area contributed by atoms with Crippen LogP contribution in [0.1, 0.15) is 6.42 Å². The number of hydrogen-bond donors (Lipinski definition) is 1. The minimum Gasteiger partial charge on any atom is -0.377 e. The maximum atomic E-state index is 5.68. The number of nitrogens with zero attached hydrogens (tertiary/aromatic N) is 1. The first-order valence-corrected chi connectivity index (χ1v) is 6.92. The molecule has 5 nitrogen and oxygen atoms in total. The summed E-state index contributed by atoms with van der Waals surface area (Å²) in [6, 6.07) is 0.759. The third kappa shape index (κ3) is 5.60. The normalized spacial score (nSPS) is 12.4. The Hall–Kier alpha value is 0.0169. The topological polar surface area (TPSA) is 57.0 Å². The van der Waals surface area contributed by atoms with Crippen LogP contribution in [0, 0.1) is 7.05 Å². The quantitative estimate of drug-likeness (QED) is 0.456. The summed E-state index contributed by atoms with van der Waals surface area (Å²) in [5.74, 6) is 0. The highest BCUT2D eigenvalue weighted by Crippen LogP contribution is 2.14. The number of nitrogens with two attached hydrogens (primary N) is 1. The van der Waals surface area contributed by atoms with E-state index in [9.17, 15) is 0 Å². The second-order valence-electron chi connectivity index (χ2n) is 3.22. The van der Waals surface area contributed by atoms with Gasteiger partial charge in [-0.3, -0.25) is 4.90 Å². The molecule has 6 heteroatoms. The van der Waals surface area contributed by atoms with Gasteiger partial charge in [0.05, 0.1) is 0 Å². The van der Waals surface area contributed by atoms with E-state index >= 15 is 0 Å². The molecule has 0 rings (SSSR count). The van der Waals surface area contributed by atoms with E-state index in [1.54, 1.807) is 26.2 Å². The van der Waals surface area contributed by atoms with E-state index in [0.29, 0.717) is 13.1 Å². The average Bonchev–Trinajstić information content (AvgIpc) is 2.25. The van der Waals surface area contributed by atoms with E-state index in [2.05, 4.69) is 0 Å². The molecule has 0 aromatic carbocycles. The van der Waals surface area contributed by atoms with Crippen molar-refractivity contribution in [2.75, 3.05) is 41.0 Å². The van der Waals surface area contributed by atoms with Crippen molar-refractivity contribution in [1.82, 2.24) is 4.90 Å². The van der Waals surface area contributed by atoms with Crippen LogP contribution in [0.2, 0.25) is 6.04 Å². The second-order valence-corrected chi connectivity index (χ2v) is 6.31. The van der Waals surface area contributed by atoms with Crippen LogP contribution >= 0.6 is 0 Å². The van der Waals surface area contributed by atoms with Crippen molar-refractivity contribution in [3.8, 4) is 0 Å². The number of rotatable bonds is 9. The lowest BCUT2D eigenvalue weighted by molar-refractivity contribution is 0.122. The van der Waals surface area contributed by atoms with Gasteiger partial charge in [-0.1, -0.05) is 0 Å². The van der Waals surface area contributed by atoms with Gasteiger partial charge in [0.15, 0.2) is 0 Å². The van der Waals surface area contributed by atoms with Gasteiger partial charge in [0.2, 0.25) is 0 Å². The summed E-state index contributed by atoms with van der Waals surface area (Å²) in [6.07, 6.45) is 0.873. The van der Waals surface area contributed by atoms with Crippen molar-refractivity contribution in [2.45, 2.75) is 12.5 Å². The van der Waals surface area contributed by atoms with Crippen molar-refractivity contribution in [2.24, 2.45) is 5.73 Å². The van der Waals surface area contributed by atoms with Gasteiger partial charge in [-0.15, -0.1) is 0 Å². The minimum atomic E-state index is -2.42. The molecule has 0 fully saturated rings. The standard InChI is InChI=1S/C9H22N2O3Si/c1-11(8-6-10)7-5-9-15(12-2,13-3)14-4/h1H,5-10H2,2-4H3. The average molecular weight is 234 g/mol. The molecule has 0 saturated heterocycles. The Morgan fingerprint density at radius 1 is 1.13 bits per heavy atom. The molecule has 0 spiro atoms. The Bertz CT molecular complexity index is 148. The number of hydrogen-bond acceptors (Lipinski definition) is 5. The van der Waals surface area contributed by atoms with E-state index < -0.39 is 8.80 Å². The molecule has 0 atom stereocenters. The van der Waals surface area contributed by atoms with Crippen LogP contribution in [0.15, 0.2) is 0 Å². The zero-order valence-corrected chi connectivity index (χ0v) is 10.9. The zero-order chi connectivity index (χ0) is 11.7. The van der Waals surface area contributed by atoms with Crippen molar-refractivity contribution >= 4 is 8.80 Å². The van der Waals surface area contributed by atoms with Crippen LogP contribution in [0.5, 0.6) is 0 Å². The predicted molar refractivity (Wildman–Crippen MR) is 61.1 cm³/mol. The van der Waals surface area contributed by atoms with Gasteiger partial charge in [0.25, 0.3) is 0 Å². The molecule has 90 valence electrons. The van der Waals surface area contributed by atoms with Gasteiger partial charge in [0, 0.05) is 47.5 Å². The first-order valence-electron chi connectivity index (χ1n) is 4.99. The fourth-order valence-electron chi connectivity index (χ4n) is 1.33. The molecule has 0 aromatic heterocycles. The van der Waals surface area contributed by atoms with Gasteiger partial charge in [0.1, 0.15) is 0 Å². The van der Waals surface area contributed by atoms with E-state index in [-0.39, 0.29) is 0 Å². The van der Waals surface area contributed by atoms with Gasteiger partial charge >= 0.3 is 8.80 Å². The second kappa shape index (κ2) is 8.20. The molecule has 0 heterocycles. The molecule has 0 aliphatic rings.